The highest BCUT2D eigenvalue weighted by atomic mass is 32.2. The average molecular weight is 399 g/mol. The first kappa shape index (κ1) is 18.7. The summed E-state index contributed by atoms with van der Waals surface area (Å²) < 4.78 is 18.4. The highest BCUT2D eigenvalue weighted by molar-refractivity contribution is 8.01. The van der Waals surface area contributed by atoms with E-state index in [-0.39, 0.29) is 16.6 Å². The molecule has 7 heteroatoms. The molecule has 1 amide bonds. The fraction of sp³-hybridized carbons (Fsp3) is 0.286. The molecule has 5 nitrogen and oxygen atoms in total. The fourth-order valence-electron chi connectivity index (χ4n) is 3.62. The van der Waals surface area contributed by atoms with E-state index < -0.39 is 17.8 Å². The monoisotopic (exact) mass is 399 g/mol. The van der Waals surface area contributed by atoms with Gasteiger partial charge in [0.15, 0.2) is 5.78 Å². The number of thioether (sulfide) groups is 1. The van der Waals surface area contributed by atoms with Crippen LogP contribution in [0.25, 0.3) is 0 Å². The lowest BCUT2D eigenvalue weighted by Gasteiger charge is -2.29. The van der Waals surface area contributed by atoms with Crippen molar-refractivity contribution in [2.24, 2.45) is 0 Å². The van der Waals surface area contributed by atoms with E-state index in [0.29, 0.717) is 29.1 Å². The predicted octanol–water partition coefficient (Wildman–Crippen LogP) is 3.42. The molecule has 2 saturated heterocycles. The van der Waals surface area contributed by atoms with E-state index in [9.17, 15) is 18.8 Å². The SMILES string of the molecule is C[C@@]12CCC(=O)N1[C@@H](C(=O)Oc1ccc(C(=O)c3ccc(F)cc3)cc1)CS2. The Hall–Kier alpha value is -2.67. The van der Waals surface area contributed by atoms with Gasteiger partial charge in [0.25, 0.3) is 0 Å². The maximum Gasteiger partial charge on any atom is 0.335 e. The largest absolute Gasteiger partial charge is 0.425 e. The van der Waals surface area contributed by atoms with E-state index in [2.05, 4.69) is 0 Å². The molecule has 0 unspecified atom stereocenters. The Labute approximate surface area is 165 Å². The van der Waals surface area contributed by atoms with E-state index >= 15 is 0 Å². The number of nitrogens with zero attached hydrogens (tertiary/aromatic N) is 1. The number of benzene rings is 2. The third-order valence-corrected chi connectivity index (χ3v) is 6.66. The van der Waals surface area contributed by atoms with Gasteiger partial charge in [-0.2, -0.15) is 0 Å². The van der Waals surface area contributed by atoms with Crippen LogP contribution < -0.4 is 4.74 Å². The first-order chi connectivity index (χ1) is 13.4. The topological polar surface area (TPSA) is 63.7 Å². The lowest BCUT2D eigenvalue weighted by atomic mass is 10.0. The molecule has 0 aliphatic carbocycles. The molecule has 0 bridgehead atoms. The van der Waals surface area contributed by atoms with Crippen molar-refractivity contribution in [1.29, 1.82) is 0 Å². The van der Waals surface area contributed by atoms with Gasteiger partial charge in [-0.1, -0.05) is 0 Å². The molecule has 4 rings (SSSR count). The molecule has 0 N–H and O–H groups in total. The molecular weight excluding hydrogens is 381 g/mol. The van der Waals surface area contributed by atoms with Gasteiger partial charge in [-0.15, -0.1) is 11.8 Å². The summed E-state index contributed by atoms with van der Waals surface area (Å²) in [6.07, 6.45) is 1.19. The second-order valence-corrected chi connectivity index (χ2v) is 8.55. The number of esters is 1. The average Bonchev–Trinajstić information content (AvgIpc) is 3.18. The van der Waals surface area contributed by atoms with E-state index in [1.807, 2.05) is 6.92 Å². The molecule has 144 valence electrons. The van der Waals surface area contributed by atoms with Crippen LogP contribution in [0.1, 0.15) is 35.7 Å². The van der Waals surface area contributed by atoms with E-state index in [1.54, 1.807) is 40.9 Å². The minimum Gasteiger partial charge on any atom is -0.425 e. The lowest BCUT2D eigenvalue weighted by molar-refractivity contribution is -0.146. The van der Waals surface area contributed by atoms with Crippen LogP contribution in [0.15, 0.2) is 48.5 Å². The second-order valence-electron chi connectivity index (χ2n) is 7.05. The van der Waals surface area contributed by atoms with Crippen LogP contribution in [0.4, 0.5) is 4.39 Å². The second kappa shape index (κ2) is 7.05. The molecule has 28 heavy (non-hydrogen) atoms. The summed E-state index contributed by atoms with van der Waals surface area (Å²) in [5.74, 6) is -0.313. The minimum atomic E-state index is -0.592. The number of halogens is 1. The number of hydrogen-bond acceptors (Lipinski definition) is 5. The molecule has 0 radical (unpaired) electrons. The van der Waals surface area contributed by atoms with Gasteiger partial charge in [0.2, 0.25) is 5.91 Å². The van der Waals surface area contributed by atoms with Crippen molar-refractivity contribution in [2.45, 2.75) is 30.7 Å². The first-order valence-corrected chi connectivity index (χ1v) is 9.94. The summed E-state index contributed by atoms with van der Waals surface area (Å²) in [5, 5.41) is 0. The predicted molar refractivity (Wildman–Crippen MR) is 103 cm³/mol. The molecule has 2 aromatic carbocycles. The van der Waals surface area contributed by atoms with E-state index in [1.165, 1.54) is 24.3 Å². The third kappa shape index (κ3) is 3.30. The molecule has 2 aliphatic heterocycles. The van der Waals surface area contributed by atoms with Crippen LogP contribution in [0.5, 0.6) is 5.75 Å². The Kier molecular flexibility index (Phi) is 4.71. The van der Waals surface area contributed by atoms with Gasteiger partial charge >= 0.3 is 5.97 Å². The van der Waals surface area contributed by atoms with Crippen molar-refractivity contribution in [3.63, 3.8) is 0 Å². The Morgan fingerprint density at radius 1 is 1.11 bits per heavy atom. The Morgan fingerprint density at radius 2 is 1.71 bits per heavy atom. The number of rotatable bonds is 4. The molecule has 0 aromatic heterocycles. The Morgan fingerprint density at radius 3 is 2.36 bits per heavy atom. The Balaban J connectivity index is 1.45. The maximum absolute atomic E-state index is 13.0. The minimum absolute atomic E-state index is 0.0188. The number of fused-ring (bicyclic) bond motifs is 1. The number of hydrogen-bond donors (Lipinski definition) is 0. The molecule has 2 atom stereocenters. The number of carbonyl (C=O) groups excluding carboxylic acids is 3. The van der Waals surface area contributed by atoms with Gasteiger partial charge in [0, 0.05) is 23.3 Å². The highest BCUT2D eigenvalue weighted by Gasteiger charge is 2.53. The van der Waals surface area contributed by atoms with Crippen LogP contribution >= 0.6 is 11.8 Å². The summed E-state index contributed by atoms with van der Waals surface area (Å²) in [6.45, 7) is 1.98. The molecule has 2 fully saturated rings. The van der Waals surface area contributed by atoms with E-state index in [0.717, 1.165) is 6.42 Å². The van der Waals surface area contributed by atoms with Crippen LogP contribution in [-0.2, 0) is 9.59 Å². The quantitative estimate of drug-likeness (QED) is 0.448. The molecule has 2 aliphatic rings. The number of amides is 1. The van der Waals surface area contributed by atoms with Crippen LogP contribution in [0.2, 0.25) is 0 Å². The van der Waals surface area contributed by atoms with Crippen molar-refractivity contribution in [3.8, 4) is 5.75 Å². The Bertz CT molecular complexity index is 944. The molecule has 2 heterocycles. The zero-order valence-corrected chi connectivity index (χ0v) is 16.0. The summed E-state index contributed by atoms with van der Waals surface area (Å²) in [7, 11) is 0. The zero-order valence-electron chi connectivity index (χ0n) is 15.2. The lowest BCUT2D eigenvalue weighted by Crippen LogP contribution is -2.47. The first-order valence-electron chi connectivity index (χ1n) is 8.95. The molecular formula is C21H18FNO4S. The van der Waals surface area contributed by atoms with Gasteiger partial charge in [-0.3, -0.25) is 9.59 Å². The fourth-order valence-corrected chi connectivity index (χ4v) is 5.04. The van der Waals surface area contributed by atoms with Gasteiger partial charge in [0.1, 0.15) is 17.6 Å². The van der Waals surface area contributed by atoms with Crippen LogP contribution in [-0.4, -0.2) is 39.2 Å². The maximum atomic E-state index is 13.0. The third-order valence-electron chi connectivity index (χ3n) is 5.16. The van der Waals surface area contributed by atoms with Crippen molar-refractivity contribution in [2.75, 3.05) is 5.75 Å². The van der Waals surface area contributed by atoms with Gasteiger partial charge in [-0.25, -0.2) is 9.18 Å². The van der Waals surface area contributed by atoms with Gasteiger partial charge in [0.05, 0.1) is 4.87 Å². The zero-order chi connectivity index (χ0) is 19.9. The van der Waals surface area contributed by atoms with Crippen molar-refractivity contribution in [3.05, 3.63) is 65.5 Å². The molecule has 0 spiro atoms. The smallest absolute Gasteiger partial charge is 0.335 e. The number of carbonyl (C=O) groups is 3. The highest BCUT2D eigenvalue weighted by Crippen LogP contribution is 2.47. The standard InChI is InChI=1S/C21H18FNO4S/c1-21-11-10-18(24)23(21)17(12-28-21)20(26)27-16-8-4-14(5-9-16)19(25)13-2-6-15(22)7-3-13/h2-9,17H,10-12H2,1H3/t17-,21-/m1/s1. The summed E-state index contributed by atoms with van der Waals surface area (Å²) >= 11 is 1.60. The van der Waals surface area contributed by atoms with Crippen LogP contribution in [0.3, 0.4) is 0 Å². The van der Waals surface area contributed by atoms with Gasteiger partial charge in [-0.05, 0) is 61.9 Å². The summed E-state index contributed by atoms with van der Waals surface area (Å²) in [4.78, 5) is 38.5. The number of ether oxygens (including phenoxy) is 1. The van der Waals surface area contributed by atoms with Crippen molar-refractivity contribution < 1.29 is 23.5 Å². The molecule has 2 aromatic rings. The van der Waals surface area contributed by atoms with Crippen molar-refractivity contribution in [1.82, 2.24) is 4.90 Å². The van der Waals surface area contributed by atoms with Gasteiger partial charge < -0.3 is 9.64 Å². The summed E-state index contributed by atoms with van der Waals surface area (Å²) in [6, 6.07) is 10.9. The van der Waals surface area contributed by atoms with Crippen LogP contribution in [0, 0.1) is 5.82 Å². The number of ketones is 1. The van der Waals surface area contributed by atoms with Crippen molar-refractivity contribution >= 4 is 29.4 Å². The molecule has 0 saturated carbocycles. The van der Waals surface area contributed by atoms with E-state index in [4.69, 9.17) is 4.74 Å². The summed E-state index contributed by atoms with van der Waals surface area (Å²) in [5.41, 5.74) is 0.783. The normalized spacial score (nSPS) is 23.6.